The van der Waals surface area contributed by atoms with Crippen LogP contribution in [0, 0.1) is 6.92 Å². The molecule has 4 rings (SSSR count). The van der Waals surface area contributed by atoms with Gasteiger partial charge in [0.15, 0.2) is 11.7 Å². The summed E-state index contributed by atoms with van der Waals surface area (Å²) >= 11 is 3.29. The van der Waals surface area contributed by atoms with Gasteiger partial charge in [0.1, 0.15) is 0 Å². The number of carbonyl (C=O) groups is 1. The summed E-state index contributed by atoms with van der Waals surface area (Å²) in [6.45, 7) is 2.70. The van der Waals surface area contributed by atoms with Gasteiger partial charge in [-0.1, -0.05) is 18.2 Å². The zero-order valence-corrected chi connectivity index (χ0v) is 18.0. The molecule has 9 heteroatoms. The van der Waals surface area contributed by atoms with Crippen LogP contribution in [-0.2, 0) is 16.1 Å². The van der Waals surface area contributed by atoms with Gasteiger partial charge in [0.2, 0.25) is 5.89 Å². The number of nitrogens with zero attached hydrogens (tertiary/aromatic N) is 3. The van der Waals surface area contributed by atoms with Crippen LogP contribution in [0.2, 0.25) is 0 Å². The van der Waals surface area contributed by atoms with Crippen LogP contribution >= 0.6 is 22.7 Å². The summed E-state index contributed by atoms with van der Waals surface area (Å²) in [6, 6.07) is 13.6. The molecule has 0 amide bonds. The third-order valence-corrected chi connectivity index (χ3v) is 6.00. The van der Waals surface area contributed by atoms with E-state index < -0.39 is 0 Å². The summed E-state index contributed by atoms with van der Waals surface area (Å²) in [7, 11) is 0. The standard InChI is InChI=1S/C21H20N4O3S2/c1-14-9-10-17(30-14)16-13-29-21(23-16)22-11-5-8-19(26)27-12-18-24-25-20(28-18)15-6-3-2-4-7-15/h2-4,6-7,9-10,13H,5,8,11-12H2,1H3,(H,22,23). The van der Waals surface area contributed by atoms with Crippen LogP contribution in [-0.4, -0.2) is 27.7 Å². The van der Waals surface area contributed by atoms with Crippen molar-refractivity contribution < 1.29 is 13.9 Å². The maximum Gasteiger partial charge on any atom is 0.306 e. The van der Waals surface area contributed by atoms with Crippen molar-refractivity contribution in [3.8, 4) is 22.0 Å². The lowest BCUT2D eigenvalue weighted by Gasteiger charge is -2.03. The van der Waals surface area contributed by atoms with Crippen LogP contribution in [0.5, 0.6) is 0 Å². The van der Waals surface area contributed by atoms with E-state index in [1.807, 2.05) is 35.7 Å². The molecular weight excluding hydrogens is 420 g/mol. The van der Waals surface area contributed by atoms with Crippen molar-refractivity contribution >= 4 is 33.8 Å². The second kappa shape index (κ2) is 9.64. The summed E-state index contributed by atoms with van der Waals surface area (Å²) in [4.78, 5) is 19.0. The molecule has 0 saturated heterocycles. The lowest BCUT2D eigenvalue weighted by Crippen LogP contribution is -2.08. The SMILES string of the molecule is Cc1ccc(-c2csc(NCCCC(=O)OCc3nnc(-c4ccccc4)o3)n2)s1. The second-order valence-corrected chi connectivity index (χ2v) is 8.65. The molecule has 0 aliphatic carbocycles. The van der Waals surface area contributed by atoms with Crippen LogP contribution in [0.25, 0.3) is 22.0 Å². The van der Waals surface area contributed by atoms with Crippen LogP contribution in [0.15, 0.2) is 52.3 Å². The van der Waals surface area contributed by atoms with Gasteiger partial charge in [-0.25, -0.2) is 4.98 Å². The molecule has 0 unspecified atom stereocenters. The number of hydrogen-bond donors (Lipinski definition) is 1. The van der Waals surface area contributed by atoms with Gasteiger partial charge in [-0.3, -0.25) is 4.79 Å². The maximum atomic E-state index is 11.9. The number of thiophene rings is 1. The summed E-state index contributed by atoms with van der Waals surface area (Å²) in [5.41, 5.74) is 1.81. The van der Waals surface area contributed by atoms with E-state index in [1.54, 1.807) is 22.7 Å². The zero-order valence-electron chi connectivity index (χ0n) is 16.3. The monoisotopic (exact) mass is 440 g/mol. The number of aromatic nitrogens is 3. The van der Waals surface area contributed by atoms with E-state index in [4.69, 9.17) is 9.15 Å². The molecule has 0 spiro atoms. The normalized spacial score (nSPS) is 10.8. The van der Waals surface area contributed by atoms with Gasteiger partial charge in [0.25, 0.3) is 5.89 Å². The van der Waals surface area contributed by atoms with Crippen molar-refractivity contribution in [3.63, 3.8) is 0 Å². The van der Waals surface area contributed by atoms with E-state index in [1.165, 1.54) is 4.88 Å². The Kier molecular flexibility index (Phi) is 6.50. The number of anilines is 1. The first-order chi connectivity index (χ1) is 14.7. The first kappa shape index (κ1) is 20.2. The molecule has 0 aliphatic rings. The quantitative estimate of drug-likeness (QED) is 0.284. The summed E-state index contributed by atoms with van der Waals surface area (Å²) in [5.74, 6) is 0.385. The van der Waals surface area contributed by atoms with Crippen molar-refractivity contribution in [1.29, 1.82) is 0 Å². The number of rotatable bonds is 9. The predicted octanol–water partition coefficient (Wildman–Crippen LogP) is 5.17. The molecule has 3 heterocycles. The zero-order chi connectivity index (χ0) is 20.8. The molecule has 0 bridgehead atoms. The van der Waals surface area contributed by atoms with Gasteiger partial charge in [0.05, 0.1) is 10.6 Å². The molecule has 30 heavy (non-hydrogen) atoms. The number of benzene rings is 1. The Morgan fingerprint density at radius 3 is 2.83 bits per heavy atom. The number of ether oxygens (including phenoxy) is 1. The number of thiazole rings is 1. The molecule has 1 aromatic carbocycles. The second-order valence-electron chi connectivity index (χ2n) is 6.51. The number of aryl methyl sites for hydroxylation is 1. The molecule has 0 aliphatic heterocycles. The Morgan fingerprint density at radius 1 is 1.17 bits per heavy atom. The predicted molar refractivity (Wildman–Crippen MR) is 117 cm³/mol. The highest BCUT2D eigenvalue weighted by Gasteiger charge is 2.11. The Balaban J connectivity index is 1.16. The Bertz CT molecular complexity index is 1100. The number of esters is 1. The first-order valence-corrected chi connectivity index (χ1v) is 11.2. The Labute approximate surface area is 181 Å². The molecule has 0 atom stereocenters. The third-order valence-electron chi connectivity index (χ3n) is 4.18. The maximum absolute atomic E-state index is 11.9. The van der Waals surface area contributed by atoms with Gasteiger partial charge < -0.3 is 14.5 Å². The number of hydrogen-bond acceptors (Lipinski definition) is 9. The minimum Gasteiger partial charge on any atom is -0.456 e. The van der Waals surface area contributed by atoms with E-state index >= 15 is 0 Å². The fourth-order valence-electron chi connectivity index (χ4n) is 2.69. The van der Waals surface area contributed by atoms with E-state index in [0.717, 1.165) is 21.3 Å². The topological polar surface area (TPSA) is 90.1 Å². The van der Waals surface area contributed by atoms with Gasteiger partial charge >= 0.3 is 5.97 Å². The molecule has 7 nitrogen and oxygen atoms in total. The van der Waals surface area contributed by atoms with Crippen LogP contribution in [0.4, 0.5) is 5.13 Å². The Hall–Kier alpha value is -3.04. The van der Waals surface area contributed by atoms with Crippen molar-refractivity contribution in [2.75, 3.05) is 11.9 Å². The van der Waals surface area contributed by atoms with Crippen LogP contribution in [0.1, 0.15) is 23.6 Å². The average molecular weight is 441 g/mol. The number of nitrogens with one attached hydrogen (secondary N) is 1. The van der Waals surface area contributed by atoms with E-state index in [9.17, 15) is 4.79 Å². The fourth-order valence-corrected chi connectivity index (χ4v) is 4.33. The molecule has 154 valence electrons. The largest absolute Gasteiger partial charge is 0.456 e. The molecule has 0 fully saturated rings. The van der Waals surface area contributed by atoms with Crippen LogP contribution < -0.4 is 5.32 Å². The highest BCUT2D eigenvalue weighted by molar-refractivity contribution is 7.16. The van der Waals surface area contributed by atoms with Gasteiger partial charge in [-0.15, -0.1) is 32.9 Å². The molecule has 1 N–H and O–H groups in total. The molecule has 0 radical (unpaired) electrons. The molecule has 0 saturated carbocycles. The molecule has 4 aromatic rings. The van der Waals surface area contributed by atoms with E-state index in [0.29, 0.717) is 25.3 Å². The lowest BCUT2D eigenvalue weighted by molar-refractivity contribution is -0.145. The van der Waals surface area contributed by atoms with Crippen molar-refractivity contribution in [2.45, 2.75) is 26.4 Å². The molecule has 3 aromatic heterocycles. The van der Waals surface area contributed by atoms with Gasteiger partial charge in [-0.05, 0) is 37.6 Å². The summed E-state index contributed by atoms with van der Waals surface area (Å²) in [5, 5.41) is 14.0. The lowest BCUT2D eigenvalue weighted by atomic mass is 10.2. The minimum atomic E-state index is -0.301. The highest BCUT2D eigenvalue weighted by atomic mass is 32.1. The molecular formula is C21H20N4O3S2. The Morgan fingerprint density at radius 2 is 2.03 bits per heavy atom. The van der Waals surface area contributed by atoms with Crippen molar-refractivity contribution in [2.24, 2.45) is 0 Å². The fraction of sp³-hybridized carbons (Fsp3) is 0.238. The van der Waals surface area contributed by atoms with Gasteiger partial charge in [0, 0.05) is 28.8 Å². The highest BCUT2D eigenvalue weighted by Crippen LogP contribution is 2.30. The van der Waals surface area contributed by atoms with E-state index in [2.05, 4.69) is 39.6 Å². The summed E-state index contributed by atoms with van der Waals surface area (Å²) < 4.78 is 10.7. The average Bonchev–Trinajstić information content (AvgIpc) is 3.51. The minimum absolute atomic E-state index is 0.0256. The van der Waals surface area contributed by atoms with Gasteiger partial charge in [-0.2, -0.15) is 0 Å². The van der Waals surface area contributed by atoms with Crippen LogP contribution in [0.3, 0.4) is 0 Å². The van der Waals surface area contributed by atoms with Crippen molar-refractivity contribution in [3.05, 3.63) is 58.6 Å². The van der Waals surface area contributed by atoms with Crippen molar-refractivity contribution in [1.82, 2.24) is 15.2 Å². The van der Waals surface area contributed by atoms with E-state index in [-0.39, 0.29) is 18.5 Å². The smallest absolute Gasteiger partial charge is 0.306 e. The third kappa shape index (κ3) is 5.31. The summed E-state index contributed by atoms with van der Waals surface area (Å²) in [6.07, 6.45) is 0.944. The number of carbonyl (C=O) groups excluding carboxylic acids is 1. The first-order valence-electron chi connectivity index (χ1n) is 9.47.